The average molecular weight is 246 g/mol. The molecule has 0 aromatic rings. The summed E-state index contributed by atoms with van der Waals surface area (Å²) in [5, 5.41) is 1.04. The molecule has 2 rings (SSSR count). The molecule has 0 N–H and O–H groups in total. The molecule has 2 fully saturated rings. The van der Waals surface area contributed by atoms with Gasteiger partial charge in [0.2, 0.25) is 5.91 Å². The van der Waals surface area contributed by atoms with Gasteiger partial charge in [0.25, 0.3) is 0 Å². The largest absolute Gasteiger partial charge is 0.342 e. The number of carbonyl (C=O) groups excluding carboxylic acids is 1. The van der Waals surface area contributed by atoms with Crippen LogP contribution in [-0.2, 0) is 4.79 Å². The molecule has 1 unspecified atom stereocenters. The first-order valence-corrected chi connectivity index (χ1v) is 6.28. The third-order valence-electron chi connectivity index (χ3n) is 3.27. The lowest BCUT2D eigenvalue weighted by Crippen LogP contribution is -2.37. The van der Waals surface area contributed by atoms with Crippen LogP contribution in [0.4, 0.5) is 0 Å². The highest BCUT2D eigenvalue weighted by atomic mass is 79.9. The Morgan fingerprint density at radius 1 is 1.38 bits per heavy atom. The maximum atomic E-state index is 11.8. The number of amides is 1. The summed E-state index contributed by atoms with van der Waals surface area (Å²) in [5.41, 5.74) is 0. The van der Waals surface area contributed by atoms with Crippen LogP contribution in [0, 0.1) is 11.8 Å². The molecule has 0 bridgehead atoms. The van der Waals surface area contributed by atoms with E-state index in [9.17, 15) is 4.79 Å². The van der Waals surface area contributed by atoms with Crippen molar-refractivity contribution in [3.63, 3.8) is 0 Å². The molecule has 1 saturated heterocycles. The molecule has 0 spiro atoms. The summed E-state index contributed by atoms with van der Waals surface area (Å²) in [6.07, 6.45) is 4.71. The number of rotatable bonds is 2. The van der Waals surface area contributed by atoms with Crippen LogP contribution in [0.1, 0.15) is 25.7 Å². The van der Waals surface area contributed by atoms with Gasteiger partial charge in [-0.15, -0.1) is 0 Å². The molecule has 3 heteroatoms. The van der Waals surface area contributed by atoms with E-state index in [0.717, 1.165) is 31.3 Å². The second kappa shape index (κ2) is 3.99. The molecule has 1 aliphatic carbocycles. The molecule has 0 aromatic heterocycles. The van der Waals surface area contributed by atoms with Crippen molar-refractivity contribution in [2.24, 2.45) is 11.8 Å². The number of hydrogen-bond acceptors (Lipinski definition) is 1. The SMILES string of the molecule is O=C(C1CCC1)N1CCC(CBr)C1. The van der Waals surface area contributed by atoms with E-state index in [1.807, 2.05) is 0 Å². The van der Waals surface area contributed by atoms with E-state index in [1.54, 1.807) is 0 Å². The molecule has 0 aromatic carbocycles. The van der Waals surface area contributed by atoms with Crippen LogP contribution in [-0.4, -0.2) is 29.2 Å². The minimum absolute atomic E-state index is 0.383. The van der Waals surface area contributed by atoms with Crippen molar-refractivity contribution in [2.45, 2.75) is 25.7 Å². The van der Waals surface area contributed by atoms with Crippen molar-refractivity contribution in [1.29, 1.82) is 0 Å². The van der Waals surface area contributed by atoms with E-state index in [2.05, 4.69) is 20.8 Å². The molecule has 1 atom stereocenters. The molecular formula is C10H16BrNO. The van der Waals surface area contributed by atoms with Gasteiger partial charge < -0.3 is 4.90 Å². The standard InChI is InChI=1S/C10H16BrNO/c11-6-8-4-5-12(7-8)10(13)9-2-1-3-9/h8-9H,1-7H2. The fourth-order valence-electron chi connectivity index (χ4n) is 2.07. The van der Waals surface area contributed by atoms with Gasteiger partial charge in [0.15, 0.2) is 0 Å². The van der Waals surface area contributed by atoms with Crippen LogP contribution in [0.2, 0.25) is 0 Å². The van der Waals surface area contributed by atoms with Crippen LogP contribution in [0.5, 0.6) is 0 Å². The van der Waals surface area contributed by atoms with E-state index in [0.29, 0.717) is 17.7 Å². The van der Waals surface area contributed by atoms with E-state index in [4.69, 9.17) is 0 Å². The Balaban J connectivity index is 1.84. The molecule has 0 radical (unpaired) electrons. The summed E-state index contributed by atoms with van der Waals surface area (Å²) in [5.74, 6) is 1.51. The smallest absolute Gasteiger partial charge is 0.225 e. The van der Waals surface area contributed by atoms with Crippen molar-refractivity contribution in [3.05, 3.63) is 0 Å². The van der Waals surface area contributed by atoms with Crippen molar-refractivity contribution in [1.82, 2.24) is 4.90 Å². The second-order valence-electron chi connectivity index (χ2n) is 4.22. The Hall–Kier alpha value is -0.0500. The Morgan fingerprint density at radius 2 is 2.15 bits per heavy atom. The summed E-state index contributed by atoms with van der Waals surface area (Å²) in [6, 6.07) is 0. The van der Waals surface area contributed by atoms with Crippen molar-refractivity contribution in [2.75, 3.05) is 18.4 Å². The van der Waals surface area contributed by atoms with Crippen molar-refractivity contribution in [3.8, 4) is 0 Å². The topological polar surface area (TPSA) is 20.3 Å². The zero-order chi connectivity index (χ0) is 9.26. The van der Waals surface area contributed by atoms with Gasteiger partial charge in [-0.25, -0.2) is 0 Å². The highest BCUT2D eigenvalue weighted by molar-refractivity contribution is 9.09. The number of hydrogen-bond donors (Lipinski definition) is 0. The lowest BCUT2D eigenvalue weighted by molar-refractivity contribution is -0.137. The minimum atomic E-state index is 0.383. The Bertz CT molecular complexity index is 203. The number of likely N-dealkylation sites (tertiary alicyclic amines) is 1. The lowest BCUT2D eigenvalue weighted by atomic mass is 9.84. The van der Waals surface area contributed by atoms with Gasteiger partial charge in [-0.2, -0.15) is 0 Å². The molecule has 13 heavy (non-hydrogen) atoms. The Kier molecular flexibility index (Phi) is 2.92. The normalized spacial score (nSPS) is 29.0. The van der Waals surface area contributed by atoms with Gasteiger partial charge in [0.05, 0.1) is 0 Å². The van der Waals surface area contributed by atoms with E-state index in [-0.39, 0.29) is 0 Å². The molecule has 74 valence electrons. The molecule has 1 saturated carbocycles. The summed E-state index contributed by atoms with van der Waals surface area (Å²) in [6.45, 7) is 1.98. The van der Waals surface area contributed by atoms with Gasteiger partial charge in [-0.3, -0.25) is 4.79 Å². The van der Waals surface area contributed by atoms with Crippen LogP contribution in [0.15, 0.2) is 0 Å². The molecule has 1 amide bonds. The Labute approximate surface area is 87.8 Å². The van der Waals surface area contributed by atoms with Crippen molar-refractivity contribution < 1.29 is 4.79 Å². The van der Waals surface area contributed by atoms with Crippen LogP contribution in [0.25, 0.3) is 0 Å². The number of nitrogens with zero attached hydrogens (tertiary/aromatic N) is 1. The molecule has 1 aliphatic heterocycles. The first-order chi connectivity index (χ1) is 6.31. The second-order valence-corrected chi connectivity index (χ2v) is 4.87. The first kappa shape index (κ1) is 9.50. The maximum Gasteiger partial charge on any atom is 0.225 e. The van der Waals surface area contributed by atoms with Gasteiger partial charge in [-0.1, -0.05) is 22.4 Å². The molecule has 1 heterocycles. The predicted octanol–water partition coefficient (Wildman–Crippen LogP) is 2.03. The summed E-state index contributed by atoms with van der Waals surface area (Å²) in [7, 11) is 0. The maximum absolute atomic E-state index is 11.8. The third kappa shape index (κ3) is 1.90. The van der Waals surface area contributed by atoms with Crippen LogP contribution in [0.3, 0.4) is 0 Å². The predicted molar refractivity (Wildman–Crippen MR) is 55.8 cm³/mol. The lowest BCUT2D eigenvalue weighted by Gasteiger charge is -2.29. The highest BCUT2D eigenvalue weighted by Gasteiger charge is 2.33. The zero-order valence-electron chi connectivity index (χ0n) is 7.84. The van der Waals surface area contributed by atoms with Gasteiger partial charge in [-0.05, 0) is 25.2 Å². The quantitative estimate of drug-likeness (QED) is 0.683. The van der Waals surface area contributed by atoms with Gasteiger partial charge >= 0.3 is 0 Å². The monoisotopic (exact) mass is 245 g/mol. The highest BCUT2D eigenvalue weighted by Crippen LogP contribution is 2.30. The third-order valence-corrected chi connectivity index (χ3v) is 4.19. The van der Waals surface area contributed by atoms with E-state index < -0.39 is 0 Å². The Morgan fingerprint density at radius 3 is 2.62 bits per heavy atom. The molecular weight excluding hydrogens is 230 g/mol. The fourth-order valence-corrected chi connectivity index (χ4v) is 2.60. The van der Waals surface area contributed by atoms with Crippen LogP contribution >= 0.6 is 15.9 Å². The van der Waals surface area contributed by atoms with Gasteiger partial charge in [0.1, 0.15) is 0 Å². The van der Waals surface area contributed by atoms with E-state index >= 15 is 0 Å². The summed E-state index contributed by atoms with van der Waals surface area (Å²) < 4.78 is 0. The molecule has 2 aliphatic rings. The number of alkyl halides is 1. The van der Waals surface area contributed by atoms with Crippen LogP contribution < -0.4 is 0 Å². The molecule has 2 nitrogen and oxygen atoms in total. The summed E-state index contributed by atoms with van der Waals surface area (Å²) in [4.78, 5) is 13.9. The summed E-state index contributed by atoms with van der Waals surface area (Å²) >= 11 is 3.48. The van der Waals surface area contributed by atoms with Crippen molar-refractivity contribution >= 4 is 21.8 Å². The fraction of sp³-hybridized carbons (Fsp3) is 0.900. The van der Waals surface area contributed by atoms with Gasteiger partial charge in [0, 0.05) is 24.3 Å². The zero-order valence-corrected chi connectivity index (χ0v) is 9.42. The van der Waals surface area contributed by atoms with E-state index in [1.165, 1.54) is 12.8 Å². The number of carbonyl (C=O) groups is 1. The number of halogens is 1. The minimum Gasteiger partial charge on any atom is -0.342 e. The average Bonchev–Trinajstić information content (AvgIpc) is 2.48. The first-order valence-electron chi connectivity index (χ1n) is 5.16.